The van der Waals surface area contributed by atoms with E-state index >= 15 is 0 Å². The zero-order valence-corrected chi connectivity index (χ0v) is 37.7. The summed E-state index contributed by atoms with van der Waals surface area (Å²) in [4.78, 5) is 55.2. The first-order valence-corrected chi connectivity index (χ1v) is 24.4. The highest BCUT2D eigenvalue weighted by Crippen LogP contribution is 2.40. The van der Waals surface area contributed by atoms with Crippen molar-refractivity contribution in [3.63, 3.8) is 0 Å². The molecule has 4 heterocycles. The number of hydrogen-bond donors (Lipinski definition) is 2. The third kappa shape index (κ3) is 9.67. The summed E-state index contributed by atoms with van der Waals surface area (Å²) in [5.41, 5.74) is 4.63. The molecule has 6 aromatic rings. The minimum atomic E-state index is -0.402. The van der Waals surface area contributed by atoms with E-state index in [4.69, 9.17) is 9.47 Å². The molecule has 2 aromatic carbocycles. The summed E-state index contributed by atoms with van der Waals surface area (Å²) < 4.78 is 14.7. The number of aryl methyl sites for hydroxylation is 4. The topological polar surface area (TPSA) is 172 Å². The second kappa shape index (κ2) is 20.3. The summed E-state index contributed by atoms with van der Waals surface area (Å²) in [6, 6.07) is 19.5. The third-order valence-electron chi connectivity index (χ3n) is 10.5. The Balaban J connectivity index is 0.979. The maximum atomic E-state index is 13.5. The van der Waals surface area contributed by atoms with Gasteiger partial charge in [0.2, 0.25) is 11.8 Å². The van der Waals surface area contributed by atoms with Gasteiger partial charge in [0.05, 0.1) is 35.8 Å². The Kier molecular flexibility index (Phi) is 14.2. The molecule has 0 aliphatic heterocycles. The van der Waals surface area contributed by atoms with E-state index in [-0.39, 0.29) is 36.5 Å². The van der Waals surface area contributed by atoms with Gasteiger partial charge in [-0.05, 0) is 101 Å². The van der Waals surface area contributed by atoms with Crippen molar-refractivity contribution in [2.75, 3.05) is 35.4 Å². The lowest BCUT2D eigenvalue weighted by molar-refractivity contribution is -0.114. The van der Waals surface area contributed by atoms with Crippen molar-refractivity contribution in [3.05, 3.63) is 104 Å². The monoisotopic (exact) mass is 910 g/mol. The van der Waals surface area contributed by atoms with Crippen LogP contribution in [-0.2, 0) is 57.6 Å². The van der Waals surface area contributed by atoms with Crippen LogP contribution in [0.3, 0.4) is 0 Å². The summed E-state index contributed by atoms with van der Waals surface area (Å²) in [5.74, 6) is 0.111. The predicted octanol–water partition coefficient (Wildman–Crippen LogP) is 8.33. The predicted molar refractivity (Wildman–Crippen MR) is 243 cm³/mol. The Labute approximate surface area is 375 Å². The molecule has 0 saturated carbocycles. The van der Waals surface area contributed by atoms with Crippen LogP contribution in [0.4, 0.5) is 10.0 Å². The van der Waals surface area contributed by atoms with Gasteiger partial charge in [-0.25, -0.2) is 9.59 Å². The number of thiophene rings is 2. The first-order chi connectivity index (χ1) is 30.3. The van der Waals surface area contributed by atoms with Crippen LogP contribution in [0.2, 0.25) is 0 Å². The van der Waals surface area contributed by atoms with Crippen molar-refractivity contribution < 1.29 is 28.7 Å². The van der Waals surface area contributed by atoms with Crippen molar-refractivity contribution >= 4 is 80.0 Å². The van der Waals surface area contributed by atoms with Crippen molar-refractivity contribution in [1.29, 1.82) is 0 Å². The fraction of sp³-hybridized carbons (Fsp3) is 0.364. The van der Waals surface area contributed by atoms with Crippen LogP contribution in [0.5, 0.6) is 0 Å². The lowest BCUT2D eigenvalue weighted by Crippen LogP contribution is -2.17. The van der Waals surface area contributed by atoms with Crippen LogP contribution in [0.25, 0.3) is 11.4 Å². The summed E-state index contributed by atoms with van der Waals surface area (Å²) in [5, 5.41) is 26.4. The van der Waals surface area contributed by atoms with Gasteiger partial charge in [-0.2, -0.15) is 0 Å². The van der Waals surface area contributed by atoms with Crippen LogP contribution in [0.1, 0.15) is 92.8 Å². The largest absolute Gasteiger partial charge is 0.462 e. The number of benzene rings is 2. The summed E-state index contributed by atoms with van der Waals surface area (Å²) in [6.45, 7) is 4.07. The molecule has 62 heavy (non-hydrogen) atoms. The van der Waals surface area contributed by atoms with E-state index in [0.717, 1.165) is 83.6 Å². The Morgan fingerprint density at radius 3 is 1.40 bits per heavy atom. The summed E-state index contributed by atoms with van der Waals surface area (Å²) >= 11 is 5.45. The molecule has 2 amide bonds. The Morgan fingerprint density at radius 2 is 1.00 bits per heavy atom. The van der Waals surface area contributed by atoms with Crippen molar-refractivity contribution in [2.45, 2.75) is 88.4 Å². The van der Waals surface area contributed by atoms with Gasteiger partial charge in [-0.1, -0.05) is 59.9 Å². The Hall–Kier alpha value is -5.30. The highest BCUT2D eigenvalue weighted by Gasteiger charge is 2.29. The fourth-order valence-corrected chi connectivity index (χ4v) is 11.9. The molecule has 0 unspecified atom stereocenters. The molecular formula is C44H46N8O6S4. The van der Waals surface area contributed by atoms with E-state index in [9.17, 15) is 19.2 Å². The smallest absolute Gasteiger partial charge is 0.341 e. The molecule has 8 rings (SSSR count). The number of para-hydroxylation sites is 2. The van der Waals surface area contributed by atoms with Gasteiger partial charge < -0.3 is 20.1 Å². The van der Waals surface area contributed by atoms with Gasteiger partial charge in [0.15, 0.2) is 10.3 Å². The Bertz CT molecular complexity index is 2390. The molecule has 0 fully saturated rings. The van der Waals surface area contributed by atoms with Gasteiger partial charge in [-0.3, -0.25) is 18.7 Å². The van der Waals surface area contributed by atoms with Crippen molar-refractivity contribution in [3.8, 4) is 11.4 Å². The number of rotatable bonds is 17. The molecule has 0 spiro atoms. The molecule has 2 N–H and O–H groups in total. The van der Waals surface area contributed by atoms with E-state index < -0.39 is 11.9 Å². The van der Waals surface area contributed by atoms with Crippen molar-refractivity contribution in [2.24, 2.45) is 0 Å². The van der Waals surface area contributed by atoms with Gasteiger partial charge >= 0.3 is 11.9 Å². The number of nitrogens with zero attached hydrogens (tertiary/aromatic N) is 6. The minimum absolute atomic E-state index is 0.0469. The second-order valence-corrected chi connectivity index (χ2v) is 18.7. The fourth-order valence-electron chi connectivity index (χ4n) is 7.74. The van der Waals surface area contributed by atoms with Crippen LogP contribution in [0, 0.1) is 0 Å². The number of esters is 2. The quantitative estimate of drug-likeness (QED) is 0.0663. The van der Waals surface area contributed by atoms with Crippen LogP contribution in [0.15, 0.2) is 71.0 Å². The first kappa shape index (κ1) is 43.4. The molecule has 2 aliphatic carbocycles. The van der Waals surface area contributed by atoms with E-state index in [1.165, 1.54) is 46.2 Å². The van der Waals surface area contributed by atoms with E-state index in [0.29, 0.717) is 55.9 Å². The first-order valence-electron chi connectivity index (χ1n) is 20.8. The Morgan fingerprint density at radius 1 is 0.597 bits per heavy atom. The van der Waals surface area contributed by atoms with Gasteiger partial charge in [-0.15, -0.1) is 43.1 Å². The van der Waals surface area contributed by atoms with Crippen LogP contribution < -0.4 is 10.6 Å². The normalized spacial score (nSPS) is 13.3. The standard InChI is InChI=1S/C44H46N8O6S4/c1-3-57-41(55)37-29-19-11-13-21-31(29)61-39(37)45-35(53)25-59-43-49-47-33(51(43)27-15-7-5-8-16-27)23-24-34-48-50-44(52(34)28-17-9-6-10-18-28)60-26-36(54)46-40-38(42(56)58-4-2)30-20-12-14-22-32(30)62-40/h5-10,15-18H,3-4,11-14,19-26H2,1-2H3,(H,45,53)(H,46,54). The molecule has 2 aliphatic rings. The maximum Gasteiger partial charge on any atom is 0.341 e. The number of fused-ring (bicyclic) bond motifs is 2. The molecule has 0 atom stereocenters. The number of nitrogens with one attached hydrogen (secondary N) is 2. The molecule has 4 aromatic heterocycles. The molecule has 0 radical (unpaired) electrons. The number of aromatic nitrogens is 6. The molecular weight excluding hydrogens is 865 g/mol. The minimum Gasteiger partial charge on any atom is -0.462 e. The molecule has 0 bridgehead atoms. The number of hydrogen-bond acceptors (Lipinski definition) is 14. The number of ether oxygens (including phenoxy) is 2. The zero-order valence-electron chi connectivity index (χ0n) is 34.4. The van der Waals surface area contributed by atoms with Gasteiger partial charge in [0, 0.05) is 34.0 Å². The summed E-state index contributed by atoms with van der Waals surface area (Å²) in [7, 11) is 0. The third-order valence-corrected chi connectivity index (χ3v) is 14.7. The number of amides is 2. The lowest BCUT2D eigenvalue weighted by Gasteiger charge is -2.13. The van der Waals surface area contributed by atoms with Crippen molar-refractivity contribution in [1.82, 2.24) is 29.5 Å². The highest BCUT2D eigenvalue weighted by atomic mass is 32.2. The van der Waals surface area contributed by atoms with Crippen LogP contribution >= 0.6 is 46.2 Å². The van der Waals surface area contributed by atoms with E-state index in [1.54, 1.807) is 13.8 Å². The maximum absolute atomic E-state index is 13.5. The summed E-state index contributed by atoms with van der Waals surface area (Å²) in [6.07, 6.45) is 8.35. The number of anilines is 2. The number of thioether (sulfide) groups is 2. The number of carbonyl (C=O) groups excluding carboxylic acids is 4. The zero-order chi connectivity index (χ0) is 43.0. The van der Waals surface area contributed by atoms with Crippen LogP contribution in [-0.4, -0.2) is 78.0 Å². The highest BCUT2D eigenvalue weighted by molar-refractivity contribution is 8.00. The SMILES string of the molecule is CCOC(=O)c1c(NC(=O)CSc2nnc(CCc3nnc(SCC(=O)Nc4sc5c(c4C(=O)OCC)CCCC5)n3-c3ccccc3)n2-c2ccccc2)sc2c1CCCC2. The molecule has 18 heteroatoms. The lowest BCUT2D eigenvalue weighted by atomic mass is 9.95. The van der Waals surface area contributed by atoms with Gasteiger partial charge in [0.25, 0.3) is 0 Å². The average Bonchev–Trinajstić information content (AvgIpc) is 4.07. The molecule has 0 saturated heterocycles. The van der Waals surface area contributed by atoms with E-state index in [2.05, 4.69) is 31.0 Å². The average molecular weight is 911 g/mol. The molecule has 14 nitrogen and oxygen atoms in total. The van der Waals surface area contributed by atoms with E-state index in [1.807, 2.05) is 69.8 Å². The molecule has 322 valence electrons. The van der Waals surface area contributed by atoms with Gasteiger partial charge in [0.1, 0.15) is 21.7 Å². The second-order valence-electron chi connectivity index (χ2n) is 14.6. The number of carbonyl (C=O) groups is 4.